The van der Waals surface area contributed by atoms with Crippen LogP contribution in [0.5, 0.6) is 0 Å². The van der Waals surface area contributed by atoms with Crippen molar-refractivity contribution in [3.63, 3.8) is 0 Å². The summed E-state index contributed by atoms with van der Waals surface area (Å²) in [5.74, 6) is -0.127. The van der Waals surface area contributed by atoms with Crippen molar-refractivity contribution in [3.8, 4) is 0 Å². The van der Waals surface area contributed by atoms with Gasteiger partial charge in [0.2, 0.25) is 5.91 Å². The second kappa shape index (κ2) is 4.97. The van der Waals surface area contributed by atoms with Crippen molar-refractivity contribution in [1.29, 1.82) is 0 Å². The first-order chi connectivity index (χ1) is 8.22. The molecule has 0 fully saturated rings. The van der Waals surface area contributed by atoms with Crippen molar-refractivity contribution in [2.75, 3.05) is 7.05 Å². The second-order valence-corrected chi connectivity index (χ2v) is 4.06. The molecule has 0 saturated heterocycles. The van der Waals surface area contributed by atoms with Crippen molar-refractivity contribution < 1.29 is 4.79 Å². The van der Waals surface area contributed by atoms with Gasteiger partial charge in [-0.05, 0) is 22.8 Å². The van der Waals surface area contributed by atoms with Crippen LogP contribution in [0.3, 0.4) is 0 Å². The van der Waals surface area contributed by atoms with Crippen molar-refractivity contribution in [3.05, 3.63) is 48.0 Å². The molecule has 1 atom stereocenters. The number of amides is 1. The lowest BCUT2D eigenvalue weighted by molar-refractivity contribution is -0.121. The average molecular weight is 228 g/mol. The number of nitrogens with one attached hydrogen (secondary N) is 1. The molecule has 3 nitrogen and oxygen atoms in total. The van der Waals surface area contributed by atoms with Gasteiger partial charge in [-0.2, -0.15) is 0 Å². The quantitative estimate of drug-likeness (QED) is 0.835. The minimum Gasteiger partial charge on any atom is -0.358 e. The Morgan fingerprint density at radius 2 is 1.94 bits per heavy atom. The highest BCUT2D eigenvalue weighted by Gasteiger charge is 2.13. The maximum absolute atomic E-state index is 11.4. The molecule has 0 heterocycles. The molecule has 88 valence electrons. The van der Waals surface area contributed by atoms with E-state index in [9.17, 15) is 4.79 Å². The summed E-state index contributed by atoms with van der Waals surface area (Å²) in [6.07, 6.45) is 0.557. The van der Waals surface area contributed by atoms with Crippen molar-refractivity contribution in [2.24, 2.45) is 5.73 Å². The third-order valence-electron chi connectivity index (χ3n) is 2.90. The zero-order chi connectivity index (χ0) is 12.3. The smallest absolute Gasteiger partial charge is 0.237 e. The van der Waals surface area contributed by atoms with Crippen LogP contribution in [-0.2, 0) is 11.2 Å². The summed E-state index contributed by atoms with van der Waals surface area (Å²) in [5.41, 5.74) is 6.95. The first-order valence-corrected chi connectivity index (χ1v) is 5.66. The lowest BCUT2D eigenvalue weighted by Crippen LogP contribution is -2.40. The Morgan fingerprint density at radius 3 is 2.71 bits per heavy atom. The largest absolute Gasteiger partial charge is 0.358 e. The Morgan fingerprint density at radius 1 is 1.24 bits per heavy atom. The maximum atomic E-state index is 11.4. The molecule has 3 heteroatoms. The summed E-state index contributed by atoms with van der Waals surface area (Å²) in [5, 5.41) is 4.91. The van der Waals surface area contributed by atoms with Crippen LogP contribution in [0.25, 0.3) is 10.8 Å². The zero-order valence-corrected chi connectivity index (χ0v) is 9.81. The summed E-state index contributed by atoms with van der Waals surface area (Å²) in [7, 11) is 1.60. The van der Waals surface area contributed by atoms with E-state index >= 15 is 0 Å². The Hall–Kier alpha value is -1.87. The SMILES string of the molecule is CNC(=O)[C@@H](N)Cc1cccc2ccccc12. The van der Waals surface area contributed by atoms with Crippen molar-refractivity contribution in [2.45, 2.75) is 12.5 Å². The average Bonchev–Trinajstić information content (AvgIpc) is 2.38. The predicted molar refractivity (Wildman–Crippen MR) is 69.7 cm³/mol. The summed E-state index contributed by atoms with van der Waals surface area (Å²) >= 11 is 0. The van der Waals surface area contributed by atoms with Gasteiger partial charge in [0.25, 0.3) is 0 Å². The molecule has 17 heavy (non-hydrogen) atoms. The van der Waals surface area contributed by atoms with Crippen LogP contribution in [-0.4, -0.2) is 19.0 Å². The molecule has 2 aromatic carbocycles. The van der Waals surface area contributed by atoms with Crippen LogP contribution in [0, 0.1) is 0 Å². The highest BCUT2D eigenvalue weighted by molar-refractivity contribution is 5.87. The molecule has 0 aliphatic carbocycles. The normalized spacial score (nSPS) is 12.4. The highest BCUT2D eigenvalue weighted by atomic mass is 16.2. The lowest BCUT2D eigenvalue weighted by atomic mass is 9.99. The number of hydrogen-bond donors (Lipinski definition) is 2. The number of hydrogen-bond acceptors (Lipinski definition) is 2. The molecule has 2 rings (SSSR count). The fraction of sp³-hybridized carbons (Fsp3) is 0.214. The number of benzene rings is 2. The topological polar surface area (TPSA) is 55.1 Å². The van der Waals surface area contributed by atoms with Gasteiger partial charge in [0.05, 0.1) is 6.04 Å². The second-order valence-electron chi connectivity index (χ2n) is 4.06. The zero-order valence-electron chi connectivity index (χ0n) is 9.81. The third-order valence-corrected chi connectivity index (χ3v) is 2.90. The molecular weight excluding hydrogens is 212 g/mol. The molecule has 2 aromatic rings. The summed E-state index contributed by atoms with van der Waals surface area (Å²) in [4.78, 5) is 11.4. The lowest BCUT2D eigenvalue weighted by Gasteiger charge is -2.12. The first kappa shape index (κ1) is 11.6. The Balaban J connectivity index is 2.33. The summed E-state index contributed by atoms with van der Waals surface area (Å²) < 4.78 is 0. The van der Waals surface area contributed by atoms with Gasteiger partial charge >= 0.3 is 0 Å². The van der Waals surface area contributed by atoms with E-state index in [-0.39, 0.29) is 5.91 Å². The Kier molecular flexibility index (Phi) is 3.40. The van der Waals surface area contributed by atoms with Crippen LogP contribution < -0.4 is 11.1 Å². The molecule has 1 amide bonds. The van der Waals surface area contributed by atoms with E-state index in [1.807, 2.05) is 24.3 Å². The van der Waals surface area contributed by atoms with Crippen LogP contribution in [0.4, 0.5) is 0 Å². The maximum Gasteiger partial charge on any atom is 0.237 e. The van der Waals surface area contributed by atoms with E-state index in [0.29, 0.717) is 6.42 Å². The molecule has 0 spiro atoms. The van der Waals surface area contributed by atoms with Crippen LogP contribution in [0.1, 0.15) is 5.56 Å². The molecule has 0 unspecified atom stereocenters. The van der Waals surface area contributed by atoms with Crippen molar-refractivity contribution >= 4 is 16.7 Å². The molecule has 0 aliphatic heterocycles. The van der Waals surface area contributed by atoms with Gasteiger partial charge in [0.15, 0.2) is 0 Å². The summed E-state index contributed by atoms with van der Waals surface area (Å²) in [6.45, 7) is 0. The fourth-order valence-corrected chi connectivity index (χ4v) is 1.99. The standard InChI is InChI=1S/C14H16N2O/c1-16-14(17)13(15)9-11-7-4-6-10-5-2-3-8-12(10)11/h2-8,13H,9,15H2,1H3,(H,16,17)/t13-/m0/s1. The van der Waals surface area contributed by atoms with Gasteiger partial charge in [-0.15, -0.1) is 0 Å². The minimum atomic E-state index is -0.495. The number of rotatable bonds is 3. The molecule has 0 bridgehead atoms. The van der Waals surface area contributed by atoms with Crippen LogP contribution in [0.15, 0.2) is 42.5 Å². The third kappa shape index (κ3) is 2.45. The van der Waals surface area contributed by atoms with Crippen molar-refractivity contribution in [1.82, 2.24) is 5.32 Å². The predicted octanol–water partition coefficient (Wildman–Crippen LogP) is 1.46. The van der Waals surface area contributed by atoms with Crippen LogP contribution >= 0.6 is 0 Å². The van der Waals surface area contributed by atoms with E-state index in [1.165, 1.54) is 5.39 Å². The number of likely N-dealkylation sites (N-methyl/N-ethyl adjacent to an activating group) is 1. The first-order valence-electron chi connectivity index (χ1n) is 5.66. The number of carbonyl (C=O) groups is 1. The molecule has 0 saturated carbocycles. The van der Waals surface area contributed by atoms with E-state index in [1.54, 1.807) is 7.05 Å². The molecular formula is C14H16N2O. The van der Waals surface area contributed by atoms with Gasteiger partial charge in [-0.25, -0.2) is 0 Å². The Labute approximate surface area is 101 Å². The molecule has 0 aliphatic rings. The number of fused-ring (bicyclic) bond motifs is 1. The molecule has 3 N–H and O–H groups in total. The van der Waals surface area contributed by atoms with E-state index in [0.717, 1.165) is 10.9 Å². The summed E-state index contributed by atoms with van der Waals surface area (Å²) in [6, 6.07) is 13.7. The fourth-order valence-electron chi connectivity index (χ4n) is 1.99. The number of carbonyl (C=O) groups excluding carboxylic acids is 1. The van der Waals surface area contributed by atoms with E-state index in [4.69, 9.17) is 5.73 Å². The Bertz CT molecular complexity index is 531. The van der Waals surface area contributed by atoms with Crippen LogP contribution in [0.2, 0.25) is 0 Å². The van der Waals surface area contributed by atoms with Gasteiger partial charge < -0.3 is 11.1 Å². The monoisotopic (exact) mass is 228 g/mol. The molecule has 0 aromatic heterocycles. The van der Waals surface area contributed by atoms with E-state index in [2.05, 4.69) is 23.5 Å². The molecule has 0 radical (unpaired) electrons. The van der Waals surface area contributed by atoms with Gasteiger partial charge in [0.1, 0.15) is 0 Å². The highest BCUT2D eigenvalue weighted by Crippen LogP contribution is 2.19. The van der Waals surface area contributed by atoms with E-state index < -0.39 is 6.04 Å². The number of nitrogens with two attached hydrogens (primary N) is 1. The van der Waals surface area contributed by atoms with Gasteiger partial charge in [-0.1, -0.05) is 42.5 Å². The minimum absolute atomic E-state index is 0.127. The van der Waals surface area contributed by atoms with Gasteiger partial charge in [-0.3, -0.25) is 4.79 Å². The van der Waals surface area contributed by atoms with Gasteiger partial charge in [0, 0.05) is 7.05 Å².